The number of H-pyrrole nitrogens is 1. The molecule has 0 amide bonds. The molecule has 3 aromatic rings. The van der Waals surface area contributed by atoms with Crippen molar-refractivity contribution in [3.8, 4) is 0 Å². The van der Waals surface area contributed by atoms with E-state index in [9.17, 15) is 14.4 Å². The van der Waals surface area contributed by atoms with Crippen LogP contribution in [0.3, 0.4) is 0 Å². The first-order valence-corrected chi connectivity index (χ1v) is 8.69. The molecule has 0 bridgehead atoms. The Labute approximate surface area is 154 Å². The number of fused-ring (bicyclic) bond motifs is 2. The number of carbonyl (C=O) groups is 1. The Morgan fingerprint density at radius 2 is 1.96 bits per heavy atom. The summed E-state index contributed by atoms with van der Waals surface area (Å²) in [6.45, 7) is 4.98. The third kappa shape index (κ3) is 2.65. The molecule has 1 N–H and O–H groups in total. The number of aromatic amines is 1. The molecule has 6 nitrogen and oxygen atoms in total. The summed E-state index contributed by atoms with van der Waals surface area (Å²) in [6, 6.07) is 8.39. The lowest BCUT2D eigenvalue weighted by Gasteiger charge is -2.30. The zero-order chi connectivity index (χ0) is 19.3. The third-order valence-corrected chi connectivity index (χ3v) is 5.05. The number of benzene rings is 1. The van der Waals surface area contributed by atoms with Crippen molar-refractivity contribution in [2.24, 2.45) is 10.9 Å². The molecular weight excluding hydrogens is 344 g/mol. The molecule has 4 rings (SSSR count). The van der Waals surface area contributed by atoms with Crippen molar-refractivity contribution in [1.82, 2.24) is 4.98 Å². The number of carbonyl (C=O) groups excluding carboxylic acids is 1. The number of nitrogens with zero attached hydrogens (tertiary/aromatic N) is 1. The topological polar surface area (TPSA) is 92.5 Å². The summed E-state index contributed by atoms with van der Waals surface area (Å²) in [7, 11) is 0. The third-order valence-electron chi connectivity index (χ3n) is 5.05. The summed E-state index contributed by atoms with van der Waals surface area (Å²) in [5, 5.41) is 0.425. The number of aliphatic imine (C=N–C) groups is 1. The van der Waals surface area contributed by atoms with Gasteiger partial charge >= 0.3 is 0 Å². The number of pyridine rings is 1. The first-order valence-electron chi connectivity index (χ1n) is 8.69. The van der Waals surface area contributed by atoms with E-state index in [0.29, 0.717) is 39.3 Å². The number of Topliss-reactive ketones (excluding diaryl/α,β-unsaturated/α-hetero) is 1. The van der Waals surface area contributed by atoms with E-state index in [-0.39, 0.29) is 16.8 Å². The molecule has 27 heavy (non-hydrogen) atoms. The number of ketones is 1. The van der Waals surface area contributed by atoms with Crippen molar-refractivity contribution < 1.29 is 9.21 Å². The zero-order valence-corrected chi connectivity index (χ0v) is 15.2. The van der Waals surface area contributed by atoms with Crippen LogP contribution in [0.4, 0.5) is 5.69 Å². The highest BCUT2D eigenvalue weighted by Crippen LogP contribution is 2.42. The van der Waals surface area contributed by atoms with E-state index in [4.69, 9.17) is 4.42 Å². The molecule has 1 aliphatic heterocycles. The van der Waals surface area contributed by atoms with Crippen LogP contribution in [0.15, 0.2) is 55.5 Å². The molecular formula is C21H18N2O4. The number of rotatable bonds is 2. The molecule has 0 radical (unpaired) electrons. The Balaban J connectivity index is 2.13. The second kappa shape index (κ2) is 6.16. The molecule has 2 unspecified atom stereocenters. The average molecular weight is 362 g/mol. The summed E-state index contributed by atoms with van der Waals surface area (Å²) in [5.41, 5.74) is 2.18. The van der Waals surface area contributed by atoms with Crippen LogP contribution in [-0.2, 0) is 4.79 Å². The van der Waals surface area contributed by atoms with Gasteiger partial charge in [0.25, 0.3) is 5.56 Å². The van der Waals surface area contributed by atoms with Gasteiger partial charge in [-0.3, -0.25) is 19.4 Å². The quantitative estimate of drug-likeness (QED) is 0.757. The predicted octanol–water partition coefficient (Wildman–Crippen LogP) is 3.23. The Morgan fingerprint density at radius 3 is 2.70 bits per heavy atom. The Kier molecular flexibility index (Phi) is 3.91. The maximum atomic E-state index is 12.7. The van der Waals surface area contributed by atoms with Gasteiger partial charge in [0.15, 0.2) is 5.43 Å². The lowest BCUT2D eigenvalue weighted by molar-refractivity contribution is -0.119. The Morgan fingerprint density at radius 1 is 1.19 bits per heavy atom. The van der Waals surface area contributed by atoms with Crippen LogP contribution < -0.4 is 11.0 Å². The zero-order valence-electron chi connectivity index (χ0n) is 15.2. The van der Waals surface area contributed by atoms with Crippen LogP contribution in [0.5, 0.6) is 0 Å². The van der Waals surface area contributed by atoms with Gasteiger partial charge in [-0.25, -0.2) is 0 Å². The predicted molar refractivity (Wildman–Crippen MR) is 103 cm³/mol. The minimum absolute atomic E-state index is 0.0952. The van der Waals surface area contributed by atoms with Gasteiger partial charge in [-0.1, -0.05) is 12.1 Å². The molecule has 3 heterocycles. The van der Waals surface area contributed by atoms with E-state index in [1.165, 1.54) is 19.2 Å². The SMILES string of the molecule is CC(=O)C1C(C)=Nc2cc[nH]c(=O)c2C1c1cccc2c(=O)cc(C)oc12. The van der Waals surface area contributed by atoms with Crippen LogP contribution in [-0.4, -0.2) is 16.5 Å². The van der Waals surface area contributed by atoms with Gasteiger partial charge in [-0.05, 0) is 32.9 Å². The number of para-hydroxylation sites is 1. The molecule has 0 saturated carbocycles. The van der Waals surface area contributed by atoms with Gasteiger partial charge in [0.05, 0.1) is 22.6 Å². The minimum Gasteiger partial charge on any atom is -0.461 e. The summed E-state index contributed by atoms with van der Waals surface area (Å²) in [4.78, 5) is 44.7. The highest BCUT2D eigenvalue weighted by atomic mass is 16.3. The summed E-state index contributed by atoms with van der Waals surface area (Å²) < 4.78 is 5.88. The molecule has 6 heteroatoms. The number of aromatic nitrogens is 1. The molecule has 1 aliphatic rings. The van der Waals surface area contributed by atoms with Crippen LogP contribution in [0.2, 0.25) is 0 Å². The fraction of sp³-hybridized carbons (Fsp3) is 0.238. The van der Waals surface area contributed by atoms with Crippen molar-refractivity contribution in [2.45, 2.75) is 26.7 Å². The van der Waals surface area contributed by atoms with Crippen LogP contribution >= 0.6 is 0 Å². The fourth-order valence-corrected chi connectivity index (χ4v) is 3.97. The van der Waals surface area contributed by atoms with E-state index in [0.717, 1.165) is 0 Å². The van der Waals surface area contributed by atoms with Gasteiger partial charge in [0.1, 0.15) is 17.1 Å². The van der Waals surface area contributed by atoms with Crippen LogP contribution in [0.25, 0.3) is 11.0 Å². The van der Waals surface area contributed by atoms with E-state index in [1.807, 2.05) is 0 Å². The average Bonchev–Trinajstić information content (AvgIpc) is 2.60. The summed E-state index contributed by atoms with van der Waals surface area (Å²) in [6.07, 6.45) is 1.54. The largest absolute Gasteiger partial charge is 0.461 e. The van der Waals surface area contributed by atoms with Crippen LogP contribution in [0, 0.1) is 12.8 Å². The molecule has 0 fully saturated rings. The number of nitrogens with one attached hydrogen (secondary N) is 1. The molecule has 0 spiro atoms. The monoisotopic (exact) mass is 362 g/mol. The molecule has 0 aliphatic carbocycles. The molecule has 136 valence electrons. The number of hydrogen-bond donors (Lipinski definition) is 1. The van der Waals surface area contributed by atoms with Gasteiger partial charge in [0.2, 0.25) is 0 Å². The summed E-state index contributed by atoms with van der Waals surface area (Å²) in [5.74, 6) is -0.795. The standard InChI is InChI=1S/C21H18N2O4/c1-10-9-16(25)13-5-4-6-14(20(13)27-10)18-17(12(3)24)11(2)23-15-7-8-22-21(26)19(15)18/h4-9,17-18H,1-3H3,(H,22,26). The first-order chi connectivity index (χ1) is 12.9. The molecule has 2 atom stereocenters. The molecule has 2 aromatic heterocycles. The maximum absolute atomic E-state index is 12.7. The van der Waals surface area contributed by atoms with Gasteiger partial charge in [-0.2, -0.15) is 0 Å². The van der Waals surface area contributed by atoms with Crippen LogP contribution in [0.1, 0.15) is 36.7 Å². The highest BCUT2D eigenvalue weighted by Gasteiger charge is 2.38. The summed E-state index contributed by atoms with van der Waals surface area (Å²) >= 11 is 0. The maximum Gasteiger partial charge on any atom is 0.253 e. The minimum atomic E-state index is -0.600. The van der Waals surface area contributed by atoms with E-state index >= 15 is 0 Å². The van der Waals surface area contributed by atoms with Gasteiger partial charge in [0, 0.05) is 29.5 Å². The fourth-order valence-electron chi connectivity index (χ4n) is 3.97. The smallest absolute Gasteiger partial charge is 0.253 e. The first kappa shape index (κ1) is 17.1. The van der Waals surface area contributed by atoms with Gasteiger partial charge < -0.3 is 9.40 Å². The van der Waals surface area contributed by atoms with Crippen molar-refractivity contribution in [1.29, 1.82) is 0 Å². The molecule has 0 saturated heterocycles. The Hall–Kier alpha value is -3.28. The Bertz CT molecular complexity index is 1230. The number of hydrogen-bond acceptors (Lipinski definition) is 5. The lowest BCUT2D eigenvalue weighted by Crippen LogP contribution is -2.34. The van der Waals surface area contributed by atoms with E-state index in [1.54, 1.807) is 38.1 Å². The highest BCUT2D eigenvalue weighted by molar-refractivity contribution is 6.07. The lowest BCUT2D eigenvalue weighted by atomic mass is 9.74. The van der Waals surface area contributed by atoms with E-state index < -0.39 is 11.8 Å². The van der Waals surface area contributed by atoms with Crippen molar-refractivity contribution in [3.63, 3.8) is 0 Å². The normalized spacial score (nSPS) is 18.9. The second-order valence-electron chi connectivity index (χ2n) is 6.87. The number of aryl methyl sites for hydroxylation is 1. The second-order valence-corrected chi connectivity index (χ2v) is 6.87. The van der Waals surface area contributed by atoms with Gasteiger partial charge in [-0.15, -0.1) is 0 Å². The molecule has 1 aromatic carbocycles. The van der Waals surface area contributed by atoms with Crippen molar-refractivity contribution in [3.05, 3.63) is 74.0 Å². The van der Waals surface area contributed by atoms with Crippen molar-refractivity contribution >= 4 is 28.2 Å². The van der Waals surface area contributed by atoms with E-state index in [2.05, 4.69) is 9.98 Å². The van der Waals surface area contributed by atoms with Crippen molar-refractivity contribution in [2.75, 3.05) is 0 Å².